The van der Waals surface area contributed by atoms with E-state index in [4.69, 9.17) is 0 Å². The van der Waals surface area contributed by atoms with Crippen molar-refractivity contribution in [1.29, 1.82) is 0 Å². The quantitative estimate of drug-likeness (QED) is 0.806. The number of nitrogens with one attached hydrogen (secondary N) is 2. The Morgan fingerprint density at radius 3 is 2.71 bits per heavy atom. The van der Waals surface area contributed by atoms with Crippen molar-refractivity contribution in [3.8, 4) is 0 Å². The predicted molar refractivity (Wildman–Crippen MR) is 112 cm³/mol. The number of urea groups is 1. The summed E-state index contributed by atoms with van der Waals surface area (Å²) in [5.74, 6) is 0. The van der Waals surface area contributed by atoms with Crippen LogP contribution in [0.4, 0.5) is 4.79 Å². The van der Waals surface area contributed by atoms with E-state index in [2.05, 4.69) is 51.8 Å². The second-order valence-electron chi connectivity index (χ2n) is 8.06. The van der Waals surface area contributed by atoms with Gasteiger partial charge in [0.2, 0.25) is 0 Å². The first-order valence-corrected chi connectivity index (χ1v) is 10.2. The highest BCUT2D eigenvalue weighted by atomic mass is 16.2. The maximum Gasteiger partial charge on any atom is 0.315 e. The fourth-order valence-electron chi connectivity index (χ4n) is 4.08. The van der Waals surface area contributed by atoms with E-state index >= 15 is 0 Å². The molecule has 2 amide bonds. The molecule has 1 saturated heterocycles. The van der Waals surface area contributed by atoms with Gasteiger partial charge >= 0.3 is 6.03 Å². The van der Waals surface area contributed by atoms with Gasteiger partial charge in [0, 0.05) is 37.9 Å². The van der Waals surface area contributed by atoms with Gasteiger partial charge in [-0.1, -0.05) is 30.3 Å². The summed E-state index contributed by atoms with van der Waals surface area (Å²) in [4.78, 5) is 14.9. The van der Waals surface area contributed by atoms with Crippen LogP contribution in [0.25, 0.3) is 0 Å². The van der Waals surface area contributed by atoms with Gasteiger partial charge in [0.25, 0.3) is 0 Å². The molecule has 1 aliphatic heterocycles. The summed E-state index contributed by atoms with van der Waals surface area (Å²) in [6.07, 6.45) is 2.94. The summed E-state index contributed by atoms with van der Waals surface area (Å²) in [7, 11) is 1.96. The van der Waals surface area contributed by atoms with Gasteiger partial charge < -0.3 is 10.6 Å². The van der Waals surface area contributed by atoms with Gasteiger partial charge in [-0.15, -0.1) is 0 Å². The molecule has 6 heteroatoms. The third-order valence-corrected chi connectivity index (χ3v) is 5.64. The van der Waals surface area contributed by atoms with Crippen molar-refractivity contribution in [1.82, 2.24) is 25.3 Å². The van der Waals surface area contributed by atoms with E-state index in [0.29, 0.717) is 0 Å². The highest BCUT2D eigenvalue weighted by Crippen LogP contribution is 2.15. The van der Waals surface area contributed by atoms with Crippen molar-refractivity contribution in [2.24, 2.45) is 7.05 Å². The van der Waals surface area contributed by atoms with E-state index in [1.807, 2.05) is 31.6 Å². The summed E-state index contributed by atoms with van der Waals surface area (Å²) in [6.45, 7) is 9.08. The number of carbonyl (C=O) groups is 1. The molecule has 6 nitrogen and oxygen atoms in total. The molecule has 0 bridgehead atoms. The summed E-state index contributed by atoms with van der Waals surface area (Å²) in [5, 5.41) is 10.7. The summed E-state index contributed by atoms with van der Waals surface area (Å²) >= 11 is 0. The van der Waals surface area contributed by atoms with Crippen molar-refractivity contribution >= 4 is 6.03 Å². The highest BCUT2D eigenvalue weighted by molar-refractivity contribution is 5.74. The monoisotopic (exact) mass is 383 g/mol. The third-order valence-electron chi connectivity index (χ3n) is 5.64. The topological polar surface area (TPSA) is 62.2 Å². The van der Waals surface area contributed by atoms with Gasteiger partial charge in [-0.05, 0) is 57.7 Å². The van der Waals surface area contributed by atoms with Gasteiger partial charge in [0.15, 0.2) is 0 Å². The third kappa shape index (κ3) is 5.35. The molecular formula is C22H33N5O. The summed E-state index contributed by atoms with van der Waals surface area (Å²) < 4.78 is 1.90. The van der Waals surface area contributed by atoms with Crippen LogP contribution in [-0.4, -0.2) is 45.9 Å². The number of carbonyl (C=O) groups excluding carboxylic acids is 1. The Morgan fingerprint density at radius 1 is 1.29 bits per heavy atom. The molecule has 1 aliphatic rings. The number of benzene rings is 1. The maximum atomic E-state index is 12.5. The molecule has 2 unspecified atom stereocenters. The minimum absolute atomic E-state index is 0.0608. The Hall–Kier alpha value is -2.34. The first-order chi connectivity index (χ1) is 13.4. The SMILES string of the molecule is Cc1nn(C)c(C)c1CC(C)NC(=O)NC1CCCN(Cc2ccccc2)C1. The van der Waals surface area contributed by atoms with E-state index in [1.165, 1.54) is 11.1 Å². The van der Waals surface area contributed by atoms with Gasteiger partial charge in [-0.2, -0.15) is 5.10 Å². The van der Waals surface area contributed by atoms with Crippen molar-refractivity contribution < 1.29 is 4.79 Å². The fourth-order valence-corrected chi connectivity index (χ4v) is 4.08. The Balaban J connectivity index is 1.47. The zero-order valence-electron chi connectivity index (χ0n) is 17.5. The van der Waals surface area contributed by atoms with Crippen LogP contribution in [0.5, 0.6) is 0 Å². The molecule has 1 fully saturated rings. The number of piperidine rings is 1. The number of rotatable bonds is 6. The van der Waals surface area contributed by atoms with Gasteiger partial charge in [0.1, 0.15) is 0 Å². The molecule has 0 aliphatic carbocycles. The normalized spacial score (nSPS) is 18.6. The zero-order chi connectivity index (χ0) is 20.1. The molecule has 0 saturated carbocycles. The zero-order valence-corrected chi connectivity index (χ0v) is 17.5. The van der Waals surface area contributed by atoms with Crippen LogP contribution in [0, 0.1) is 13.8 Å². The Bertz CT molecular complexity index is 786. The predicted octanol–water partition coefficient (Wildman–Crippen LogP) is 2.93. The molecule has 2 N–H and O–H groups in total. The number of hydrogen-bond donors (Lipinski definition) is 2. The Labute approximate surface area is 168 Å². The molecule has 1 aromatic carbocycles. The van der Waals surface area contributed by atoms with Crippen LogP contribution in [-0.2, 0) is 20.0 Å². The molecule has 2 atom stereocenters. The largest absolute Gasteiger partial charge is 0.335 e. The van der Waals surface area contributed by atoms with Crippen molar-refractivity contribution in [2.75, 3.05) is 13.1 Å². The van der Waals surface area contributed by atoms with E-state index in [1.54, 1.807) is 0 Å². The number of hydrogen-bond acceptors (Lipinski definition) is 3. The second-order valence-corrected chi connectivity index (χ2v) is 8.06. The van der Waals surface area contributed by atoms with Crippen LogP contribution in [0.2, 0.25) is 0 Å². The summed E-state index contributed by atoms with van der Waals surface area (Å²) in [5.41, 5.74) is 4.75. The number of likely N-dealkylation sites (tertiary alicyclic amines) is 1. The van der Waals surface area contributed by atoms with E-state index in [9.17, 15) is 4.79 Å². The first kappa shape index (κ1) is 20.4. The van der Waals surface area contributed by atoms with Crippen LogP contribution >= 0.6 is 0 Å². The van der Waals surface area contributed by atoms with Crippen LogP contribution in [0.3, 0.4) is 0 Å². The molecule has 2 aromatic rings. The van der Waals surface area contributed by atoms with E-state index in [0.717, 1.165) is 50.3 Å². The molecule has 0 spiro atoms. The lowest BCUT2D eigenvalue weighted by molar-refractivity contribution is 0.179. The smallest absolute Gasteiger partial charge is 0.315 e. The number of aromatic nitrogens is 2. The molecular weight excluding hydrogens is 350 g/mol. The molecule has 1 aromatic heterocycles. The van der Waals surface area contributed by atoms with Gasteiger partial charge in [0.05, 0.1) is 5.69 Å². The lowest BCUT2D eigenvalue weighted by Crippen LogP contribution is -2.51. The first-order valence-electron chi connectivity index (χ1n) is 10.2. The number of amides is 2. The van der Waals surface area contributed by atoms with Crippen LogP contribution in [0.1, 0.15) is 42.3 Å². The van der Waals surface area contributed by atoms with Crippen LogP contribution < -0.4 is 10.6 Å². The standard InChI is InChI=1S/C22H33N5O/c1-16(13-21-17(2)25-26(4)18(21)3)23-22(28)24-20-11-8-12-27(15-20)14-19-9-6-5-7-10-19/h5-7,9-10,16,20H,8,11-15H2,1-4H3,(H2,23,24,28). The van der Waals surface area contributed by atoms with Crippen molar-refractivity contribution in [3.05, 3.63) is 52.8 Å². The molecule has 2 heterocycles. The fraction of sp³-hybridized carbons (Fsp3) is 0.545. The lowest BCUT2D eigenvalue weighted by atomic mass is 10.0. The average molecular weight is 384 g/mol. The maximum absolute atomic E-state index is 12.5. The minimum atomic E-state index is -0.0711. The van der Waals surface area contributed by atoms with Gasteiger partial charge in [-0.25, -0.2) is 4.79 Å². The van der Waals surface area contributed by atoms with E-state index < -0.39 is 0 Å². The molecule has 28 heavy (non-hydrogen) atoms. The van der Waals surface area contributed by atoms with Crippen molar-refractivity contribution in [3.63, 3.8) is 0 Å². The molecule has 152 valence electrons. The van der Waals surface area contributed by atoms with Crippen LogP contribution in [0.15, 0.2) is 30.3 Å². The van der Waals surface area contributed by atoms with Gasteiger partial charge in [-0.3, -0.25) is 9.58 Å². The Kier molecular flexibility index (Phi) is 6.73. The van der Waals surface area contributed by atoms with Crippen molar-refractivity contribution in [2.45, 2.75) is 58.7 Å². The average Bonchev–Trinajstić information content (AvgIpc) is 2.89. The number of aryl methyl sites for hydroxylation is 2. The summed E-state index contributed by atoms with van der Waals surface area (Å²) in [6, 6.07) is 10.7. The number of nitrogens with zero attached hydrogens (tertiary/aromatic N) is 3. The molecule has 0 radical (unpaired) electrons. The highest BCUT2D eigenvalue weighted by Gasteiger charge is 2.22. The molecule has 3 rings (SSSR count). The lowest BCUT2D eigenvalue weighted by Gasteiger charge is -2.33. The Morgan fingerprint density at radius 2 is 2.04 bits per heavy atom. The minimum Gasteiger partial charge on any atom is -0.335 e. The van der Waals surface area contributed by atoms with E-state index in [-0.39, 0.29) is 18.1 Å². The second kappa shape index (κ2) is 9.24.